The number of amides is 2. The monoisotopic (exact) mass is 430 g/mol. The van der Waals surface area contributed by atoms with Gasteiger partial charge in [0.15, 0.2) is 17.1 Å². The van der Waals surface area contributed by atoms with Crippen LogP contribution in [0.5, 0.6) is 0 Å². The maximum absolute atomic E-state index is 13.3. The van der Waals surface area contributed by atoms with E-state index in [9.17, 15) is 27.9 Å². The summed E-state index contributed by atoms with van der Waals surface area (Å²) in [5, 5.41) is 9.93. The first-order valence-corrected chi connectivity index (χ1v) is 10.2. The van der Waals surface area contributed by atoms with E-state index in [1.807, 2.05) is 6.92 Å². The highest BCUT2D eigenvalue weighted by Crippen LogP contribution is 2.48. The van der Waals surface area contributed by atoms with Crippen molar-refractivity contribution in [2.24, 2.45) is 11.3 Å². The van der Waals surface area contributed by atoms with Crippen LogP contribution in [0, 0.1) is 11.3 Å². The van der Waals surface area contributed by atoms with E-state index < -0.39 is 17.2 Å². The summed E-state index contributed by atoms with van der Waals surface area (Å²) in [4.78, 5) is 31.5. The van der Waals surface area contributed by atoms with Gasteiger partial charge in [-0.1, -0.05) is 6.92 Å². The lowest BCUT2D eigenvalue weighted by Crippen LogP contribution is -2.51. The zero-order valence-electron chi connectivity index (χ0n) is 17.6. The summed E-state index contributed by atoms with van der Waals surface area (Å²) >= 11 is 0. The molecule has 0 aliphatic heterocycles. The summed E-state index contributed by atoms with van der Waals surface area (Å²) in [6.07, 6.45) is -0.795. The van der Waals surface area contributed by atoms with E-state index in [-0.39, 0.29) is 44.0 Å². The second kappa shape index (κ2) is 7.86. The molecular formula is C20H29F3N4O3. The molecule has 0 unspecified atom stereocenters. The number of imidazole rings is 1. The molecule has 2 aliphatic rings. The van der Waals surface area contributed by atoms with Gasteiger partial charge in [0.2, 0.25) is 6.41 Å². The van der Waals surface area contributed by atoms with Gasteiger partial charge in [-0.3, -0.25) is 9.59 Å². The molecule has 2 amide bonds. The summed E-state index contributed by atoms with van der Waals surface area (Å²) < 4.78 is 41.1. The minimum atomic E-state index is -4.65. The summed E-state index contributed by atoms with van der Waals surface area (Å²) in [5.74, 6) is 0.429. The largest absolute Gasteiger partial charge is 0.417 e. The van der Waals surface area contributed by atoms with Crippen molar-refractivity contribution >= 4 is 18.1 Å². The molecule has 1 N–H and O–H groups in total. The van der Waals surface area contributed by atoms with Crippen molar-refractivity contribution in [2.75, 3.05) is 25.5 Å². The van der Waals surface area contributed by atoms with Gasteiger partial charge in [-0.2, -0.15) is 13.2 Å². The molecule has 0 saturated heterocycles. The van der Waals surface area contributed by atoms with Crippen LogP contribution in [0.4, 0.5) is 19.0 Å². The van der Waals surface area contributed by atoms with Gasteiger partial charge in [-0.15, -0.1) is 0 Å². The van der Waals surface area contributed by atoms with E-state index in [0.29, 0.717) is 24.6 Å². The second-order valence-electron chi connectivity index (χ2n) is 9.23. The molecule has 0 spiro atoms. The van der Waals surface area contributed by atoms with Gasteiger partial charge in [-0.05, 0) is 49.9 Å². The number of hydrogen-bond acceptors (Lipinski definition) is 4. The zero-order valence-corrected chi connectivity index (χ0v) is 17.6. The molecule has 2 aliphatic carbocycles. The molecule has 1 aromatic heterocycles. The molecule has 2 saturated carbocycles. The highest BCUT2D eigenvalue weighted by molar-refractivity contribution is 5.99. The average molecular weight is 430 g/mol. The Hall–Kier alpha value is -2.10. The third-order valence-corrected chi connectivity index (χ3v) is 6.44. The van der Waals surface area contributed by atoms with Crippen molar-refractivity contribution < 1.29 is 27.9 Å². The van der Waals surface area contributed by atoms with Crippen LogP contribution < -0.4 is 4.90 Å². The van der Waals surface area contributed by atoms with E-state index in [4.69, 9.17) is 0 Å². The van der Waals surface area contributed by atoms with Crippen molar-refractivity contribution in [3.8, 4) is 0 Å². The van der Waals surface area contributed by atoms with Crippen LogP contribution in [-0.2, 0) is 11.3 Å². The third-order valence-electron chi connectivity index (χ3n) is 6.44. The fourth-order valence-electron chi connectivity index (χ4n) is 4.15. The summed E-state index contributed by atoms with van der Waals surface area (Å²) in [5.41, 5.74) is -2.89. The molecule has 0 bridgehead atoms. The molecule has 30 heavy (non-hydrogen) atoms. The minimum absolute atomic E-state index is 0.156. The number of aromatic nitrogens is 2. The van der Waals surface area contributed by atoms with Crippen molar-refractivity contribution in [1.29, 1.82) is 0 Å². The Balaban J connectivity index is 1.74. The Morgan fingerprint density at radius 3 is 2.40 bits per heavy atom. The zero-order chi connectivity index (χ0) is 22.3. The Morgan fingerprint density at radius 2 is 1.90 bits per heavy atom. The first kappa shape index (κ1) is 22.6. The summed E-state index contributed by atoms with van der Waals surface area (Å²) in [6, 6.07) is 0. The Bertz CT molecular complexity index is 796. The average Bonchev–Trinajstić information content (AvgIpc) is 3.39. The summed E-state index contributed by atoms with van der Waals surface area (Å²) in [6.45, 7) is 2.73. The van der Waals surface area contributed by atoms with Crippen LogP contribution in [0.15, 0.2) is 6.33 Å². The van der Waals surface area contributed by atoms with Gasteiger partial charge >= 0.3 is 6.18 Å². The predicted octanol–water partition coefficient (Wildman–Crippen LogP) is 2.83. The molecule has 1 aromatic rings. The van der Waals surface area contributed by atoms with Crippen LogP contribution >= 0.6 is 0 Å². The number of carbonyl (C=O) groups excluding carboxylic acids is 2. The van der Waals surface area contributed by atoms with Crippen LogP contribution in [-0.4, -0.2) is 64.3 Å². The number of carbonyl (C=O) groups is 2. The number of aliphatic hydroxyl groups is 1. The van der Waals surface area contributed by atoms with Gasteiger partial charge in [0.05, 0.1) is 6.33 Å². The fourth-order valence-corrected chi connectivity index (χ4v) is 4.15. The van der Waals surface area contributed by atoms with Crippen molar-refractivity contribution in [3.63, 3.8) is 0 Å². The van der Waals surface area contributed by atoms with Crippen LogP contribution in [0.1, 0.15) is 55.9 Å². The van der Waals surface area contributed by atoms with Crippen molar-refractivity contribution in [1.82, 2.24) is 14.5 Å². The molecule has 0 aromatic carbocycles. The van der Waals surface area contributed by atoms with E-state index >= 15 is 0 Å². The maximum Gasteiger partial charge on any atom is 0.417 e. The molecular weight excluding hydrogens is 401 g/mol. The van der Waals surface area contributed by atoms with Gasteiger partial charge in [0.25, 0.3) is 5.91 Å². The number of nitrogens with zero attached hydrogens (tertiary/aromatic N) is 4. The van der Waals surface area contributed by atoms with Gasteiger partial charge < -0.3 is 19.5 Å². The third kappa shape index (κ3) is 4.48. The molecule has 168 valence electrons. The van der Waals surface area contributed by atoms with Crippen LogP contribution in [0.2, 0.25) is 0 Å². The highest BCUT2D eigenvalue weighted by Gasteiger charge is 2.56. The minimum Gasteiger partial charge on any atom is -0.380 e. The molecule has 10 heteroatoms. The van der Waals surface area contributed by atoms with Crippen LogP contribution in [0.3, 0.4) is 0 Å². The molecule has 0 atom stereocenters. The Morgan fingerprint density at radius 1 is 1.30 bits per heavy atom. The molecule has 2 fully saturated rings. The van der Waals surface area contributed by atoms with E-state index in [2.05, 4.69) is 4.98 Å². The van der Waals surface area contributed by atoms with Crippen molar-refractivity contribution in [2.45, 2.75) is 63.8 Å². The first-order valence-electron chi connectivity index (χ1n) is 10.2. The Kier molecular flexibility index (Phi) is 5.92. The topological polar surface area (TPSA) is 78.7 Å². The lowest BCUT2D eigenvalue weighted by Gasteiger charge is -2.44. The standard InChI is InChI=1S/C20H29F3N4O3/c1-18(6-8-19(30,9-7-18)20(21,22)23)11-25(2)17(29)15-16(26(3)13-28)24-12-27(15)10-14-4-5-14/h12-14,30H,4-11H2,1-3H3. The van der Waals surface area contributed by atoms with E-state index in [1.165, 1.54) is 16.8 Å². The summed E-state index contributed by atoms with van der Waals surface area (Å²) in [7, 11) is 3.13. The Labute approximate surface area is 173 Å². The maximum atomic E-state index is 13.3. The number of alkyl halides is 3. The lowest BCUT2D eigenvalue weighted by atomic mass is 9.69. The number of rotatable bonds is 7. The molecule has 3 rings (SSSR count). The van der Waals surface area contributed by atoms with Gasteiger partial charge in [0.1, 0.15) is 0 Å². The smallest absolute Gasteiger partial charge is 0.380 e. The van der Waals surface area contributed by atoms with Crippen molar-refractivity contribution in [3.05, 3.63) is 12.0 Å². The molecule has 0 radical (unpaired) electrons. The molecule has 1 heterocycles. The number of anilines is 1. The van der Waals surface area contributed by atoms with E-state index in [1.54, 1.807) is 17.9 Å². The van der Waals surface area contributed by atoms with Gasteiger partial charge in [0, 0.05) is 27.2 Å². The normalized spacial score (nSPS) is 27.0. The quantitative estimate of drug-likeness (QED) is 0.675. The second-order valence-corrected chi connectivity index (χ2v) is 9.23. The van der Waals surface area contributed by atoms with Gasteiger partial charge in [-0.25, -0.2) is 4.98 Å². The predicted molar refractivity (Wildman–Crippen MR) is 104 cm³/mol. The number of hydrogen-bond donors (Lipinski definition) is 1. The molecule has 7 nitrogen and oxygen atoms in total. The van der Waals surface area contributed by atoms with Crippen LogP contribution in [0.25, 0.3) is 0 Å². The highest BCUT2D eigenvalue weighted by atomic mass is 19.4. The number of halogens is 3. The lowest BCUT2D eigenvalue weighted by molar-refractivity contribution is -0.275. The SMILES string of the molecule is CN(CC1(C)CCC(O)(C(F)(F)F)CC1)C(=O)c1c(N(C)C=O)ncn1CC1CC1. The first-order chi connectivity index (χ1) is 13.9. The fraction of sp³-hybridized carbons (Fsp3) is 0.750. The van der Waals surface area contributed by atoms with E-state index in [0.717, 1.165) is 12.8 Å².